The van der Waals surface area contributed by atoms with E-state index in [1.807, 2.05) is 19.2 Å². The highest BCUT2D eigenvalue weighted by Crippen LogP contribution is 2.35. The summed E-state index contributed by atoms with van der Waals surface area (Å²) in [4.78, 5) is 8.18. The molecular weight excluding hydrogens is 250 g/mol. The lowest BCUT2D eigenvalue weighted by Gasteiger charge is -2.32. The lowest BCUT2D eigenvalue weighted by molar-refractivity contribution is 0.164. The molecule has 0 aliphatic heterocycles. The molecule has 0 aliphatic rings. The van der Waals surface area contributed by atoms with Gasteiger partial charge in [0.1, 0.15) is 6.73 Å². The molecule has 0 spiro atoms. The van der Waals surface area contributed by atoms with Crippen LogP contribution in [0.15, 0.2) is 33.5 Å². The van der Waals surface area contributed by atoms with Crippen LogP contribution in [0.5, 0.6) is 0 Å². The molecule has 1 atom stereocenters. The first kappa shape index (κ1) is 18.6. The maximum atomic E-state index is 5.64. The van der Waals surface area contributed by atoms with Crippen molar-refractivity contribution in [3.05, 3.63) is 23.5 Å². The molecule has 0 rings (SSSR count). The molecule has 0 amide bonds. The van der Waals surface area contributed by atoms with Gasteiger partial charge in [-0.1, -0.05) is 40.2 Å². The number of hydrogen-bond donors (Lipinski definition) is 1. The van der Waals surface area contributed by atoms with Crippen LogP contribution < -0.4 is 5.73 Å². The zero-order chi connectivity index (χ0) is 15.6. The average molecular weight is 279 g/mol. The van der Waals surface area contributed by atoms with E-state index in [1.165, 1.54) is 0 Å². The van der Waals surface area contributed by atoms with E-state index in [9.17, 15) is 0 Å². The van der Waals surface area contributed by atoms with Crippen molar-refractivity contribution < 1.29 is 4.74 Å². The molecule has 114 valence electrons. The van der Waals surface area contributed by atoms with Crippen LogP contribution in [0.25, 0.3) is 0 Å². The van der Waals surface area contributed by atoms with Gasteiger partial charge in [0.25, 0.3) is 0 Å². The third-order valence-electron chi connectivity index (χ3n) is 3.85. The SMILES string of the molecule is C=N/C=C(\C=N/COC/C(N)=C/C)C(C)(C)C(C)CC. The predicted octanol–water partition coefficient (Wildman–Crippen LogP) is 3.55. The summed E-state index contributed by atoms with van der Waals surface area (Å²) < 4.78 is 5.35. The zero-order valence-corrected chi connectivity index (χ0v) is 13.5. The summed E-state index contributed by atoms with van der Waals surface area (Å²) in [6, 6.07) is 0. The van der Waals surface area contributed by atoms with Crippen molar-refractivity contribution >= 4 is 12.9 Å². The predicted molar refractivity (Wildman–Crippen MR) is 88.1 cm³/mol. The Balaban J connectivity index is 4.64. The van der Waals surface area contributed by atoms with Crippen molar-refractivity contribution in [2.75, 3.05) is 13.3 Å². The van der Waals surface area contributed by atoms with Crippen molar-refractivity contribution in [2.45, 2.75) is 41.0 Å². The fraction of sp³-hybridized carbons (Fsp3) is 0.625. The first-order valence-electron chi connectivity index (χ1n) is 7.04. The van der Waals surface area contributed by atoms with Crippen LogP contribution in [-0.2, 0) is 4.74 Å². The van der Waals surface area contributed by atoms with E-state index < -0.39 is 0 Å². The van der Waals surface area contributed by atoms with E-state index in [0.717, 1.165) is 12.0 Å². The fourth-order valence-corrected chi connectivity index (χ4v) is 1.69. The molecule has 0 fully saturated rings. The second-order valence-electron chi connectivity index (χ2n) is 5.45. The van der Waals surface area contributed by atoms with Crippen LogP contribution in [0.1, 0.15) is 41.0 Å². The van der Waals surface area contributed by atoms with E-state index in [1.54, 1.807) is 6.20 Å². The highest BCUT2D eigenvalue weighted by Gasteiger charge is 2.27. The van der Waals surface area contributed by atoms with Gasteiger partial charge in [0, 0.05) is 18.1 Å². The van der Waals surface area contributed by atoms with Gasteiger partial charge < -0.3 is 10.5 Å². The van der Waals surface area contributed by atoms with Crippen molar-refractivity contribution in [3.63, 3.8) is 0 Å². The summed E-state index contributed by atoms with van der Waals surface area (Å²) in [6.07, 6.45) is 6.52. The quantitative estimate of drug-likeness (QED) is 0.518. The third kappa shape index (κ3) is 6.15. The van der Waals surface area contributed by atoms with Gasteiger partial charge in [0.05, 0.1) is 6.61 Å². The third-order valence-corrected chi connectivity index (χ3v) is 3.85. The Labute approximate surface area is 123 Å². The van der Waals surface area contributed by atoms with Crippen LogP contribution in [0.3, 0.4) is 0 Å². The topological polar surface area (TPSA) is 60.0 Å². The molecule has 0 aromatic heterocycles. The summed E-state index contributed by atoms with van der Waals surface area (Å²) in [5.41, 5.74) is 7.41. The second-order valence-corrected chi connectivity index (χ2v) is 5.45. The largest absolute Gasteiger partial charge is 0.400 e. The van der Waals surface area contributed by atoms with Crippen LogP contribution >= 0.6 is 0 Å². The van der Waals surface area contributed by atoms with E-state index >= 15 is 0 Å². The Morgan fingerprint density at radius 2 is 2.10 bits per heavy atom. The molecule has 4 nitrogen and oxygen atoms in total. The monoisotopic (exact) mass is 279 g/mol. The van der Waals surface area contributed by atoms with Crippen LogP contribution in [0.4, 0.5) is 0 Å². The Morgan fingerprint density at radius 3 is 2.60 bits per heavy atom. The maximum Gasteiger partial charge on any atom is 0.137 e. The minimum absolute atomic E-state index is 0.00177. The Morgan fingerprint density at radius 1 is 1.45 bits per heavy atom. The number of allylic oxidation sites excluding steroid dienone is 2. The van der Waals surface area contributed by atoms with Gasteiger partial charge in [-0.3, -0.25) is 9.98 Å². The number of hydrogen-bond acceptors (Lipinski definition) is 4. The summed E-state index contributed by atoms with van der Waals surface area (Å²) in [5, 5.41) is 0. The first-order chi connectivity index (χ1) is 9.39. The van der Waals surface area contributed by atoms with Gasteiger partial charge in [-0.25, -0.2) is 0 Å². The summed E-state index contributed by atoms with van der Waals surface area (Å²) >= 11 is 0. The van der Waals surface area contributed by atoms with Gasteiger partial charge in [-0.15, -0.1) is 0 Å². The number of aliphatic imine (C=N–C) groups is 2. The molecule has 0 aliphatic carbocycles. The van der Waals surface area contributed by atoms with E-state index in [0.29, 0.717) is 25.0 Å². The van der Waals surface area contributed by atoms with E-state index in [2.05, 4.69) is 44.4 Å². The zero-order valence-electron chi connectivity index (χ0n) is 13.5. The number of ether oxygens (including phenoxy) is 1. The standard InChI is InChI=1S/C16H29N3O/c1-7-13(3)16(4,5)14(9-18-6)10-19-12-20-11-15(17)8-2/h8-10,13H,6-7,11-12,17H2,1-5H3/b14-9+,15-8-,19-10-. The fourth-order valence-electron chi connectivity index (χ4n) is 1.69. The highest BCUT2D eigenvalue weighted by molar-refractivity contribution is 5.80. The highest BCUT2D eigenvalue weighted by atomic mass is 16.5. The minimum atomic E-state index is 0.00177. The van der Waals surface area contributed by atoms with Crippen molar-refractivity contribution in [1.82, 2.24) is 0 Å². The molecule has 0 saturated carbocycles. The molecule has 0 aromatic rings. The van der Waals surface area contributed by atoms with Crippen molar-refractivity contribution in [2.24, 2.45) is 27.1 Å². The Kier molecular flexibility index (Phi) is 8.81. The van der Waals surface area contributed by atoms with Gasteiger partial charge in [-0.05, 0) is 30.5 Å². The smallest absolute Gasteiger partial charge is 0.137 e. The molecule has 0 aromatic carbocycles. The Bertz CT molecular complexity index is 381. The van der Waals surface area contributed by atoms with Gasteiger partial charge in [-0.2, -0.15) is 0 Å². The second kappa shape index (κ2) is 9.48. The molecule has 20 heavy (non-hydrogen) atoms. The molecule has 0 saturated heterocycles. The number of nitrogens with two attached hydrogens (primary N) is 1. The summed E-state index contributed by atoms with van der Waals surface area (Å²) in [6.45, 7) is 14.9. The molecule has 0 radical (unpaired) electrons. The molecule has 1 unspecified atom stereocenters. The minimum Gasteiger partial charge on any atom is -0.400 e. The molecule has 0 bridgehead atoms. The lowest BCUT2D eigenvalue weighted by Crippen LogP contribution is -2.24. The Hall–Kier alpha value is -1.42. The number of nitrogens with zero attached hydrogens (tertiary/aromatic N) is 2. The summed E-state index contributed by atoms with van der Waals surface area (Å²) in [7, 11) is 0. The molecule has 4 heteroatoms. The van der Waals surface area contributed by atoms with E-state index in [4.69, 9.17) is 10.5 Å². The maximum absolute atomic E-state index is 5.64. The summed E-state index contributed by atoms with van der Waals surface area (Å²) in [5.74, 6) is 0.529. The average Bonchev–Trinajstić information content (AvgIpc) is 2.44. The van der Waals surface area contributed by atoms with Gasteiger partial charge in [0.2, 0.25) is 0 Å². The normalized spacial score (nSPS) is 15.7. The molecule has 2 N–H and O–H groups in total. The van der Waals surface area contributed by atoms with Crippen LogP contribution in [0, 0.1) is 11.3 Å². The van der Waals surface area contributed by atoms with E-state index in [-0.39, 0.29) is 5.41 Å². The molecular formula is C16H29N3O. The van der Waals surface area contributed by atoms with Crippen LogP contribution in [0.2, 0.25) is 0 Å². The molecule has 0 heterocycles. The van der Waals surface area contributed by atoms with Crippen molar-refractivity contribution in [1.29, 1.82) is 0 Å². The van der Waals surface area contributed by atoms with Gasteiger partial charge >= 0.3 is 0 Å². The van der Waals surface area contributed by atoms with Gasteiger partial charge in [0.15, 0.2) is 0 Å². The van der Waals surface area contributed by atoms with Crippen LogP contribution in [-0.4, -0.2) is 26.3 Å². The number of rotatable bonds is 9. The van der Waals surface area contributed by atoms with Crippen molar-refractivity contribution in [3.8, 4) is 0 Å². The lowest BCUT2D eigenvalue weighted by atomic mass is 9.73. The first-order valence-corrected chi connectivity index (χ1v) is 7.04.